The van der Waals surface area contributed by atoms with Gasteiger partial charge in [0.15, 0.2) is 0 Å². The smallest absolute Gasteiger partial charge is 0.348 e. The van der Waals surface area contributed by atoms with E-state index in [0.29, 0.717) is 0 Å². The summed E-state index contributed by atoms with van der Waals surface area (Å²) in [6.07, 6.45) is 0.0700. The molecule has 2 rings (SSSR count). The summed E-state index contributed by atoms with van der Waals surface area (Å²) in [6.45, 7) is 6.37. The quantitative estimate of drug-likeness (QED) is 0.592. The molecule has 0 saturated carbocycles. The van der Waals surface area contributed by atoms with Crippen molar-refractivity contribution in [1.29, 1.82) is 0 Å². The Morgan fingerprint density at radius 3 is 2.48 bits per heavy atom. The molecule has 4 N–H and O–H groups in total. The van der Waals surface area contributed by atoms with Gasteiger partial charge in [0.05, 0.1) is 18.1 Å². The highest BCUT2D eigenvalue weighted by molar-refractivity contribution is 5.85. The summed E-state index contributed by atoms with van der Waals surface area (Å²) < 4.78 is 10.6. The van der Waals surface area contributed by atoms with E-state index in [-0.39, 0.29) is 12.3 Å². The fourth-order valence-corrected chi connectivity index (χ4v) is 3.02. The fourth-order valence-electron chi connectivity index (χ4n) is 3.02. The number of aliphatic hydroxyl groups is 1. The predicted molar refractivity (Wildman–Crippen MR) is 103 cm³/mol. The van der Waals surface area contributed by atoms with Crippen molar-refractivity contribution < 1.29 is 29.0 Å². The average molecular weight is 407 g/mol. The van der Waals surface area contributed by atoms with Gasteiger partial charge in [-0.1, -0.05) is 19.9 Å². The van der Waals surface area contributed by atoms with Crippen LogP contribution in [0.25, 0.3) is 0 Å². The van der Waals surface area contributed by atoms with Crippen molar-refractivity contribution in [2.24, 2.45) is 17.6 Å². The molecule has 9 heteroatoms. The molecule has 1 aromatic heterocycles. The molecule has 0 aromatic carbocycles. The zero-order valence-electron chi connectivity index (χ0n) is 17.1. The summed E-state index contributed by atoms with van der Waals surface area (Å²) in [5.41, 5.74) is 6.72. The molecule has 0 spiro atoms. The first kappa shape index (κ1) is 22.8. The summed E-state index contributed by atoms with van der Waals surface area (Å²) in [7, 11) is 0. The van der Waals surface area contributed by atoms with Gasteiger partial charge in [-0.3, -0.25) is 14.6 Å². The van der Waals surface area contributed by atoms with Crippen molar-refractivity contribution in [3.05, 3.63) is 30.1 Å². The number of amides is 1. The molecule has 0 unspecified atom stereocenters. The zero-order chi connectivity index (χ0) is 21.7. The van der Waals surface area contributed by atoms with Gasteiger partial charge in [0.2, 0.25) is 12.0 Å². The molecule has 2 heterocycles. The first-order valence-electron chi connectivity index (χ1n) is 9.65. The van der Waals surface area contributed by atoms with Gasteiger partial charge in [-0.25, -0.2) is 4.79 Å². The summed E-state index contributed by atoms with van der Waals surface area (Å²) in [5, 5.41) is 13.5. The van der Waals surface area contributed by atoms with Crippen LogP contribution in [-0.4, -0.2) is 58.3 Å². The third kappa shape index (κ3) is 5.74. The van der Waals surface area contributed by atoms with Crippen molar-refractivity contribution >= 4 is 17.8 Å². The minimum absolute atomic E-state index is 0.229. The summed E-state index contributed by atoms with van der Waals surface area (Å²) in [6, 6.07) is 1.56. The number of hydrogen-bond acceptors (Lipinski definition) is 8. The van der Waals surface area contributed by atoms with Crippen LogP contribution in [0.4, 0.5) is 0 Å². The first-order valence-corrected chi connectivity index (χ1v) is 9.65. The second kappa shape index (κ2) is 9.80. The summed E-state index contributed by atoms with van der Waals surface area (Å²) in [4.78, 5) is 41.7. The molecule has 9 nitrogen and oxygen atoms in total. The number of nitrogens with zero attached hydrogens (tertiary/aromatic N) is 1. The number of ether oxygens (including phenoxy) is 2. The molecule has 1 amide bonds. The van der Waals surface area contributed by atoms with Gasteiger partial charge >= 0.3 is 11.9 Å². The van der Waals surface area contributed by atoms with E-state index in [1.807, 2.05) is 0 Å². The number of nitrogens with one attached hydrogen (secondary N) is 1. The van der Waals surface area contributed by atoms with Crippen LogP contribution in [0.15, 0.2) is 24.5 Å². The molecule has 0 bridgehead atoms. The first-order chi connectivity index (χ1) is 13.6. The third-order valence-electron chi connectivity index (χ3n) is 4.99. The van der Waals surface area contributed by atoms with E-state index in [1.54, 1.807) is 38.4 Å². The summed E-state index contributed by atoms with van der Waals surface area (Å²) in [5.74, 6) is -3.49. The lowest BCUT2D eigenvalue weighted by molar-refractivity contribution is -0.180. The highest BCUT2D eigenvalue weighted by Crippen LogP contribution is 2.19. The minimum Gasteiger partial charge on any atom is -0.458 e. The Balaban J connectivity index is 2.35. The number of esters is 2. The van der Waals surface area contributed by atoms with Crippen LogP contribution in [0.5, 0.6) is 0 Å². The van der Waals surface area contributed by atoms with Crippen molar-refractivity contribution in [3.63, 3.8) is 0 Å². The monoisotopic (exact) mass is 407 g/mol. The number of aromatic nitrogens is 1. The molecule has 1 fully saturated rings. The molecule has 160 valence electrons. The standard InChI is InChI=1S/C20H29N3O6/c1-10(2)17-20(27)28-12(4)15(21)18(25)23-14(8-13-6-5-7-22-9-13)16(24)11(3)19(26)29-17/h5-7,9-12,14-17,24H,8,21H2,1-4H3,(H,23,25)/t11-,12-,14+,15+,16+,17-/m1/s1. The lowest BCUT2D eigenvalue weighted by Gasteiger charge is -2.32. The van der Waals surface area contributed by atoms with Crippen LogP contribution in [0.3, 0.4) is 0 Å². The van der Waals surface area contributed by atoms with Crippen molar-refractivity contribution in [3.8, 4) is 0 Å². The van der Waals surface area contributed by atoms with Gasteiger partial charge < -0.3 is 25.6 Å². The van der Waals surface area contributed by atoms with Gasteiger partial charge in [-0.2, -0.15) is 0 Å². The molecule has 0 aliphatic carbocycles. The van der Waals surface area contributed by atoms with E-state index >= 15 is 0 Å². The van der Waals surface area contributed by atoms with Crippen LogP contribution < -0.4 is 11.1 Å². The second-order valence-corrected chi connectivity index (χ2v) is 7.73. The highest BCUT2D eigenvalue weighted by atomic mass is 16.6. The molecule has 1 aliphatic rings. The number of nitrogens with two attached hydrogens (primary N) is 1. The van der Waals surface area contributed by atoms with Crippen molar-refractivity contribution in [1.82, 2.24) is 10.3 Å². The number of aliphatic hydroxyl groups excluding tert-OH is 1. The Bertz CT molecular complexity index is 726. The van der Waals surface area contributed by atoms with Crippen LogP contribution in [0.2, 0.25) is 0 Å². The van der Waals surface area contributed by atoms with E-state index < -0.39 is 54.2 Å². The largest absolute Gasteiger partial charge is 0.458 e. The predicted octanol–water partition coefficient (Wildman–Crippen LogP) is -0.0537. The summed E-state index contributed by atoms with van der Waals surface area (Å²) >= 11 is 0. The van der Waals surface area contributed by atoms with Crippen LogP contribution in [-0.2, 0) is 30.3 Å². The normalized spacial score (nSPS) is 31.9. The van der Waals surface area contributed by atoms with Gasteiger partial charge in [-0.05, 0) is 31.9 Å². The maximum Gasteiger partial charge on any atom is 0.348 e. The van der Waals surface area contributed by atoms with Crippen LogP contribution in [0.1, 0.15) is 33.3 Å². The van der Waals surface area contributed by atoms with Gasteiger partial charge in [0.25, 0.3) is 0 Å². The lowest BCUT2D eigenvalue weighted by Crippen LogP contribution is -2.57. The van der Waals surface area contributed by atoms with Crippen LogP contribution in [0, 0.1) is 11.8 Å². The van der Waals surface area contributed by atoms with E-state index in [1.165, 1.54) is 13.8 Å². The number of hydrogen-bond donors (Lipinski definition) is 3. The van der Waals surface area contributed by atoms with E-state index in [9.17, 15) is 19.5 Å². The van der Waals surface area contributed by atoms with Crippen molar-refractivity contribution in [2.75, 3.05) is 0 Å². The van der Waals surface area contributed by atoms with Gasteiger partial charge in [-0.15, -0.1) is 0 Å². The van der Waals surface area contributed by atoms with Crippen LogP contribution >= 0.6 is 0 Å². The average Bonchev–Trinajstić information content (AvgIpc) is 2.69. The molecular weight excluding hydrogens is 378 g/mol. The number of carbonyl (C=O) groups excluding carboxylic acids is 3. The molecule has 1 aromatic rings. The number of carbonyl (C=O) groups is 3. The second-order valence-electron chi connectivity index (χ2n) is 7.73. The molecule has 1 saturated heterocycles. The molecule has 1 aliphatic heterocycles. The minimum atomic E-state index is -1.27. The topological polar surface area (TPSA) is 141 Å². The van der Waals surface area contributed by atoms with E-state index in [0.717, 1.165) is 5.56 Å². The number of cyclic esters (lactones) is 2. The maximum atomic E-state index is 12.6. The zero-order valence-corrected chi connectivity index (χ0v) is 17.1. The van der Waals surface area contributed by atoms with Gasteiger partial charge in [0.1, 0.15) is 12.1 Å². The van der Waals surface area contributed by atoms with Gasteiger partial charge in [0, 0.05) is 18.3 Å². The molecule has 0 radical (unpaired) electrons. The highest BCUT2D eigenvalue weighted by Gasteiger charge is 2.39. The molecular formula is C20H29N3O6. The fraction of sp³-hybridized carbons (Fsp3) is 0.600. The maximum absolute atomic E-state index is 12.6. The Labute approximate surface area is 170 Å². The Kier molecular flexibility index (Phi) is 7.69. The SMILES string of the molecule is CC(C)[C@H]1OC(=O)[C@H](C)[C@H](O)[C@H](Cc2cccnc2)NC(=O)[C@@H](N)[C@@H](C)OC1=O. The molecule has 29 heavy (non-hydrogen) atoms. The Hall–Kier alpha value is -2.52. The van der Waals surface area contributed by atoms with E-state index in [2.05, 4.69) is 10.3 Å². The Morgan fingerprint density at radius 2 is 1.90 bits per heavy atom. The number of pyridine rings is 1. The third-order valence-corrected chi connectivity index (χ3v) is 4.99. The Morgan fingerprint density at radius 1 is 1.21 bits per heavy atom. The molecule has 6 atom stereocenters. The van der Waals surface area contributed by atoms with E-state index in [4.69, 9.17) is 15.2 Å². The van der Waals surface area contributed by atoms with Crippen molar-refractivity contribution in [2.45, 2.75) is 64.5 Å². The lowest BCUT2D eigenvalue weighted by atomic mass is 9.92. The number of rotatable bonds is 3.